The van der Waals surface area contributed by atoms with Crippen molar-refractivity contribution in [1.29, 1.82) is 0 Å². The number of benzene rings is 2. The van der Waals surface area contributed by atoms with Crippen molar-refractivity contribution in [3.63, 3.8) is 0 Å². The Kier molecular flexibility index (Phi) is 8.27. The summed E-state index contributed by atoms with van der Waals surface area (Å²) in [7, 11) is 1.37. The molecule has 1 saturated carbocycles. The summed E-state index contributed by atoms with van der Waals surface area (Å²) < 4.78 is 46.8. The fourth-order valence-electron chi connectivity index (χ4n) is 6.40. The van der Waals surface area contributed by atoms with Gasteiger partial charge in [-0.3, -0.25) is 9.29 Å². The molecular formula is C35H38F2N4O4. The molecule has 10 heteroatoms. The molecule has 0 N–H and O–H groups in total. The molecule has 3 fully saturated rings. The van der Waals surface area contributed by atoms with E-state index in [0.717, 1.165) is 66.9 Å². The number of hydrogen-bond acceptors (Lipinski definition) is 7. The SMILES string of the molecule is COC(=O)c1ccc2nc(CN3CCC(c4cccc(OCc5ccc(C6COC6)cc5F)n4)CC3)n(CC3(CF)CC3)c2c1. The predicted octanol–water partition coefficient (Wildman–Crippen LogP) is 6.18. The van der Waals surface area contributed by atoms with Crippen molar-refractivity contribution < 1.29 is 27.8 Å². The molecule has 2 saturated heterocycles. The summed E-state index contributed by atoms with van der Waals surface area (Å²) >= 11 is 0. The number of rotatable bonds is 11. The lowest BCUT2D eigenvalue weighted by Crippen LogP contribution is -2.34. The molecule has 0 radical (unpaired) electrons. The standard InChI is InChI=1S/C35H38F2N4O4/c1-43-34(42)25-7-8-30-31(16-25)41(22-35(21-36)11-12-35)32(38-30)17-40-13-9-23(10-14-40)29-3-2-4-33(39-29)45-20-26-6-5-24(15-28(26)37)27-18-44-19-27/h2-8,15-16,23,27H,9-14,17-22H2,1H3. The van der Waals surface area contributed by atoms with Crippen LogP contribution in [0.1, 0.15) is 70.5 Å². The normalized spacial score (nSPS) is 18.6. The average Bonchev–Trinajstić information content (AvgIpc) is 3.75. The molecule has 4 heterocycles. The van der Waals surface area contributed by atoms with E-state index in [1.807, 2.05) is 36.4 Å². The number of carbonyl (C=O) groups is 1. The van der Waals surface area contributed by atoms with E-state index in [0.29, 0.717) is 43.3 Å². The van der Waals surface area contributed by atoms with Crippen LogP contribution in [0.4, 0.5) is 8.78 Å². The predicted molar refractivity (Wildman–Crippen MR) is 164 cm³/mol. The minimum Gasteiger partial charge on any atom is -0.473 e. The first-order chi connectivity index (χ1) is 21.9. The fraction of sp³-hybridized carbons (Fsp3) is 0.457. The summed E-state index contributed by atoms with van der Waals surface area (Å²) in [5, 5.41) is 0. The van der Waals surface area contributed by atoms with E-state index < -0.39 is 5.97 Å². The lowest BCUT2D eigenvalue weighted by Gasteiger charge is -2.31. The summed E-state index contributed by atoms with van der Waals surface area (Å²) in [6, 6.07) is 16.5. The molecular weight excluding hydrogens is 578 g/mol. The Labute approximate surface area is 261 Å². The maximum atomic E-state index is 14.7. The van der Waals surface area contributed by atoms with Crippen LogP contribution in [0.2, 0.25) is 0 Å². The second kappa shape index (κ2) is 12.5. The first-order valence-corrected chi connectivity index (χ1v) is 15.8. The van der Waals surface area contributed by atoms with Crippen LogP contribution in [0.3, 0.4) is 0 Å². The number of methoxy groups -OCH3 is 1. The quantitative estimate of drug-likeness (QED) is 0.186. The van der Waals surface area contributed by atoms with Gasteiger partial charge in [0.2, 0.25) is 5.88 Å². The number of ether oxygens (including phenoxy) is 3. The number of carbonyl (C=O) groups excluding carboxylic acids is 1. The van der Waals surface area contributed by atoms with E-state index in [1.54, 1.807) is 18.2 Å². The van der Waals surface area contributed by atoms with Gasteiger partial charge in [-0.05, 0) is 74.7 Å². The number of nitrogens with zero attached hydrogens (tertiary/aromatic N) is 4. The van der Waals surface area contributed by atoms with E-state index >= 15 is 0 Å². The van der Waals surface area contributed by atoms with Crippen LogP contribution < -0.4 is 4.74 Å². The number of imidazole rings is 1. The van der Waals surface area contributed by atoms with Gasteiger partial charge < -0.3 is 18.8 Å². The molecule has 4 aromatic rings. The number of fused-ring (bicyclic) bond motifs is 1. The fourth-order valence-corrected chi connectivity index (χ4v) is 6.40. The van der Waals surface area contributed by atoms with Crippen LogP contribution in [0.15, 0.2) is 54.6 Å². The Morgan fingerprint density at radius 1 is 1.04 bits per heavy atom. The van der Waals surface area contributed by atoms with Gasteiger partial charge in [-0.25, -0.2) is 19.2 Å². The summed E-state index contributed by atoms with van der Waals surface area (Å²) in [6.07, 6.45) is 3.58. The number of likely N-dealkylation sites (tertiary alicyclic amines) is 1. The van der Waals surface area contributed by atoms with Crippen molar-refractivity contribution in [2.45, 2.75) is 57.2 Å². The maximum absolute atomic E-state index is 14.7. The highest BCUT2D eigenvalue weighted by molar-refractivity contribution is 5.93. The maximum Gasteiger partial charge on any atom is 0.337 e. The van der Waals surface area contributed by atoms with Crippen molar-refractivity contribution in [1.82, 2.24) is 19.4 Å². The first kappa shape index (κ1) is 29.8. The van der Waals surface area contributed by atoms with E-state index in [4.69, 9.17) is 24.2 Å². The summed E-state index contributed by atoms with van der Waals surface area (Å²) in [5.41, 5.74) is 4.21. The Morgan fingerprint density at radius 3 is 2.56 bits per heavy atom. The topological polar surface area (TPSA) is 78.7 Å². The second-order valence-electron chi connectivity index (χ2n) is 12.8. The van der Waals surface area contributed by atoms with Crippen molar-refractivity contribution in [3.05, 3.63) is 88.6 Å². The van der Waals surface area contributed by atoms with Gasteiger partial charge in [0.05, 0.1) is 50.1 Å². The first-order valence-electron chi connectivity index (χ1n) is 15.8. The zero-order valence-electron chi connectivity index (χ0n) is 25.5. The minimum absolute atomic E-state index is 0.119. The number of esters is 1. The van der Waals surface area contributed by atoms with Gasteiger partial charge in [-0.2, -0.15) is 0 Å². The van der Waals surface area contributed by atoms with Gasteiger partial charge in [0.1, 0.15) is 18.2 Å². The molecule has 2 aromatic carbocycles. The van der Waals surface area contributed by atoms with Gasteiger partial charge in [-0.1, -0.05) is 18.2 Å². The third-order valence-corrected chi connectivity index (χ3v) is 9.66. The molecule has 2 aromatic heterocycles. The Balaban J connectivity index is 0.997. The van der Waals surface area contributed by atoms with Gasteiger partial charge >= 0.3 is 5.97 Å². The van der Waals surface area contributed by atoms with E-state index in [1.165, 1.54) is 7.11 Å². The highest BCUT2D eigenvalue weighted by Gasteiger charge is 2.44. The third-order valence-electron chi connectivity index (χ3n) is 9.66. The molecule has 2 aliphatic heterocycles. The van der Waals surface area contributed by atoms with Crippen molar-refractivity contribution in [2.75, 3.05) is 40.1 Å². The molecule has 236 valence electrons. The largest absolute Gasteiger partial charge is 0.473 e. The van der Waals surface area contributed by atoms with Crippen molar-refractivity contribution in [3.8, 4) is 5.88 Å². The molecule has 0 atom stereocenters. The molecule has 0 amide bonds. The number of hydrogen-bond donors (Lipinski definition) is 0. The van der Waals surface area contributed by atoms with Gasteiger partial charge in [0, 0.05) is 41.1 Å². The van der Waals surface area contributed by atoms with Gasteiger partial charge in [0.15, 0.2) is 0 Å². The van der Waals surface area contributed by atoms with Crippen LogP contribution >= 0.6 is 0 Å². The average molecular weight is 617 g/mol. The molecule has 8 nitrogen and oxygen atoms in total. The Hall–Kier alpha value is -3.89. The molecule has 0 spiro atoms. The summed E-state index contributed by atoms with van der Waals surface area (Å²) in [5.74, 6) is 1.28. The smallest absolute Gasteiger partial charge is 0.337 e. The summed E-state index contributed by atoms with van der Waals surface area (Å²) in [6.45, 7) is 3.98. The van der Waals surface area contributed by atoms with Crippen molar-refractivity contribution >= 4 is 17.0 Å². The number of pyridine rings is 1. The van der Waals surface area contributed by atoms with E-state index in [9.17, 15) is 13.6 Å². The second-order valence-corrected chi connectivity index (χ2v) is 12.8. The Morgan fingerprint density at radius 2 is 1.87 bits per heavy atom. The lowest BCUT2D eigenvalue weighted by atomic mass is 9.93. The molecule has 7 rings (SSSR count). The third kappa shape index (κ3) is 6.31. The number of halogens is 2. The van der Waals surface area contributed by atoms with Crippen LogP contribution in [0.25, 0.3) is 11.0 Å². The highest BCUT2D eigenvalue weighted by Crippen LogP contribution is 2.48. The molecule has 3 aliphatic rings. The zero-order valence-corrected chi connectivity index (χ0v) is 25.5. The molecule has 45 heavy (non-hydrogen) atoms. The number of piperidine rings is 1. The van der Waals surface area contributed by atoms with Gasteiger partial charge in [-0.15, -0.1) is 0 Å². The van der Waals surface area contributed by atoms with E-state index in [2.05, 4.69) is 9.47 Å². The minimum atomic E-state index is -0.399. The zero-order chi connectivity index (χ0) is 31.0. The molecule has 0 unspecified atom stereocenters. The molecule has 0 bridgehead atoms. The lowest BCUT2D eigenvalue weighted by molar-refractivity contribution is 0.00830. The van der Waals surface area contributed by atoms with Crippen LogP contribution in [0, 0.1) is 11.2 Å². The van der Waals surface area contributed by atoms with E-state index in [-0.39, 0.29) is 36.3 Å². The van der Waals surface area contributed by atoms with Crippen LogP contribution in [-0.4, -0.2) is 65.5 Å². The summed E-state index contributed by atoms with van der Waals surface area (Å²) in [4.78, 5) is 24.3. The van der Waals surface area contributed by atoms with Crippen LogP contribution in [-0.2, 0) is 29.2 Å². The van der Waals surface area contributed by atoms with Crippen molar-refractivity contribution in [2.24, 2.45) is 5.41 Å². The molecule has 1 aliphatic carbocycles. The van der Waals surface area contributed by atoms with Gasteiger partial charge in [0.25, 0.3) is 0 Å². The highest BCUT2D eigenvalue weighted by atomic mass is 19.1. The Bertz CT molecular complexity index is 1690. The van der Waals surface area contributed by atoms with Crippen LogP contribution in [0.5, 0.6) is 5.88 Å². The number of alkyl halides is 1. The monoisotopic (exact) mass is 616 g/mol. The number of aromatic nitrogens is 3.